The summed E-state index contributed by atoms with van der Waals surface area (Å²) in [5.41, 5.74) is 5.95. The van der Waals surface area contributed by atoms with Crippen molar-refractivity contribution in [2.24, 2.45) is 0 Å². The highest BCUT2D eigenvalue weighted by atomic mass is 19.1. The van der Waals surface area contributed by atoms with Crippen molar-refractivity contribution in [3.63, 3.8) is 0 Å². The number of hydrogen-bond acceptors (Lipinski definition) is 3. The number of rotatable bonds is 5. The normalized spacial score (nSPS) is 16.8. The first kappa shape index (κ1) is 17.9. The van der Waals surface area contributed by atoms with E-state index in [2.05, 4.69) is 22.5 Å². The second kappa shape index (κ2) is 7.62. The van der Waals surface area contributed by atoms with Gasteiger partial charge in [0.2, 0.25) is 0 Å². The van der Waals surface area contributed by atoms with Crippen LogP contribution in [0.5, 0.6) is 0 Å². The highest BCUT2D eigenvalue weighted by Crippen LogP contribution is 2.28. The van der Waals surface area contributed by atoms with Crippen LogP contribution in [0.4, 0.5) is 4.39 Å². The van der Waals surface area contributed by atoms with Crippen LogP contribution in [0, 0.1) is 19.7 Å². The Morgan fingerprint density at radius 1 is 1.19 bits per heavy atom. The predicted octanol–water partition coefficient (Wildman–Crippen LogP) is 4.17. The Morgan fingerprint density at radius 3 is 2.81 bits per heavy atom. The summed E-state index contributed by atoms with van der Waals surface area (Å²) < 4.78 is 21.8. The lowest BCUT2D eigenvalue weighted by Crippen LogP contribution is -2.16. The van der Waals surface area contributed by atoms with Gasteiger partial charge in [0.05, 0.1) is 24.1 Å². The molecule has 4 nitrogen and oxygen atoms in total. The lowest BCUT2D eigenvalue weighted by atomic mass is 9.99. The van der Waals surface area contributed by atoms with Gasteiger partial charge in [-0.3, -0.25) is 0 Å². The summed E-state index contributed by atoms with van der Waals surface area (Å²) in [6, 6.07) is 15.2. The number of nitrogens with one attached hydrogen (secondary N) is 1. The largest absolute Gasteiger partial charge is 0.372 e. The van der Waals surface area contributed by atoms with Gasteiger partial charge in [0, 0.05) is 12.2 Å². The Morgan fingerprint density at radius 2 is 2.07 bits per heavy atom. The van der Waals surface area contributed by atoms with Gasteiger partial charge in [-0.1, -0.05) is 18.2 Å². The van der Waals surface area contributed by atoms with Crippen molar-refractivity contribution in [3.8, 4) is 16.8 Å². The zero-order valence-corrected chi connectivity index (χ0v) is 15.7. The van der Waals surface area contributed by atoms with Crippen LogP contribution in [0.3, 0.4) is 0 Å². The van der Waals surface area contributed by atoms with E-state index in [1.54, 1.807) is 6.07 Å². The molecule has 0 amide bonds. The summed E-state index contributed by atoms with van der Waals surface area (Å²) in [5.74, 6) is -0.239. The van der Waals surface area contributed by atoms with E-state index in [-0.39, 0.29) is 11.9 Å². The Labute approximate surface area is 159 Å². The lowest BCUT2D eigenvalue weighted by molar-refractivity contribution is 0.0543. The molecular formula is C22H24FN3O. The molecule has 0 spiro atoms. The lowest BCUT2D eigenvalue weighted by Gasteiger charge is -2.15. The third-order valence-corrected chi connectivity index (χ3v) is 4.97. The summed E-state index contributed by atoms with van der Waals surface area (Å²) in [6.07, 6.45) is 1.19. The van der Waals surface area contributed by atoms with E-state index in [4.69, 9.17) is 4.74 Å². The summed E-state index contributed by atoms with van der Waals surface area (Å²) in [4.78, 5) is 0. The minimum Gasteiger partial charge on any atom is -0.372 e. The molecule has 4 rings (SSSR count). The van der Waals surface area contributed by atoms with E-state index in [1.165, 1.54) is 6.07 Å². The zero-order valence-electron chi connectivity index (χ0n) is 15.7. The average molecular weight is 365 g/mol. The Kier molecular flexibility index (Phi) is 5.05. The van der Waals surface area contributed by atoms with Crippen molar-refractivity contribution in [3.05, 3.63) is 71.3 Å². The minimum absolute atomic E-state index is 0.196. The van der Waals surface area contributed by atoms with Gasteiger partial charge in [0.15, 0.2) is 0 Å². The van der Waals surface area contributed by atoms with Gasteiger partial charge in [0.25, 0.3) is 0 Å². The fourth-order valence-corrected chi connectivity index (χ4v) is 3.64. The maximum Gasteiger partial charge on any atom is 0.123 e. The molecule has 0 unspecified atom stereocenters. The first-order valence-corrected chi connectivity index (χ1v) is 9.35. The van der Waals surface area contributed by atoms with Crippen LogP contribution in [0.2, 0.25) is 0 Å². The van der Waals surface area contributed by atoms with Gasteiger partial charge < -0.3 is 10.1 Å². The van der Waals surface area contributed by atoms with Crippen molar-refractivity contribution in [2.75, 3.05) is 13.1 Å². The highest BCUT2D eigenvalue weighted by Gasteiger charge is 2.16. The number of hydrogen-bond donors (Lipinski definition) is 1. The number of aromatic nitrogens is 2. The van der Waals surface area contributed by atoms with E-state index in [0.717, 1.165) is 53.3 Å². The molecule has 1 aliphatic heterocycles. The van der Waals surface area contributed by atoms with Crippen molar-refractivity contribution in [1.82, 2.24) is 15.1 Å². The molecule has 2 aromatic carbocycles. The van der Waals surface area contributed by atoms with Gasteiger partial charge in [-0.25, -0.2) is 9.07 Å². The van der Waals surface area contributed by atoms with Gasteiger partial charge in [-0.2, -0.15) is 5.10 Å². The number of nitrogens with zero attached hydrogens (tertiary/aromatic N) is 2. The molecule has 27 heavy (non-hydrogen) atoms. The van der Waals surface area contributed by atoms with Gasteiger partial charge >= 0.3 is 0 Å². The molecule has 1 saturated heterocycles. The molecule has 3 aromatic rings. The molecule has 1 aromatic heterocycles. The SMILES string of the molecule is Cc1cc(C)n(-c2cccc(-c3ccc(F)cc3CO[C@H]3CCNC3)c2)n1. The van der Waals surface area contributed by atoms with Gasteiger partial charge in [-0.05, 0) is 73.8 Å². The molecule has 5 heteroatoms. The molecule has 2 heterocycles. The second-order valence-electron chi connectivity index (χ2n) is 7.12. The molecule has 1 fully saturated rings. The third kappa shape index (κ3) is 3.94. The number of benzene rings is 2. The van der Waals surface area contributed by atoms with E-state index >= 15 is 0 Å². The monoisotopic (exact) mass is 365 g/mol. The molecule has 0 bridgehead atoms. The van der Waals surface area contributed by atoms with Crippen LogP contribution in [0.1, 0.15) is 23.4 Å². The molecule has 1 atom stereocenters. The van der Waals surface area contributed by atoms with Crippen molar-refractivity contribution in [1.29, 1.82) is 0 Å². The summed E-state index contributed by atoms with van der Waals surface area (Å²) in [6.45, 7) is 6.27. The van der Waals surface area contributed by atoms with Crippen LogP contribution >= 0.6 is 0 Å². The smallest absolute Gasteiger partial charge is 0.123 e. The van der Waals surface area contributed by atoms with Crippen LogP contribution < -0.4 is 5.32 Å². The van der Waals surface area contributed by atoms with E-state index in [0.29, 0.717) is 6.61 Å². The van der Waals surface area contributed by atoms with Crippen LogP contribution in [0.25, 0.3) is 16.8 Å². The molecule has 0 aliphatic carbocycles. The maximum absolute atomic E-state index is 13.9. The number of halogens is 1. The highest BCUT2D eigenvalue weighted by molar-refractivity contribution is 5.69. The Balaban J connectivity index is 1.66. The van der Waals surface area contributed by atoms with Crippen LogP contribution in [-0.4, -0.2) is 29.0 Å². The quantitative estimate of drug-likeness (QED) is 0.737. The first-order chi connectivity index (χ1) is 13.1. The predicted molar refractivity (Wildman–Crippen MR) is 104 cm³/mol. The second-order valence-corrected chi connectivity index (χ2v) is 7.12. The topological polar surface area (TPSA) is 39.1 Å². The summed E-state index contributed by atoms with van der Waals surface area (Å²) in [7, 11) is 0. The molecule has 0 saturated carbocycles. The minimum atomic E-state index is -0.239. The summed E-state index contributed by atoms with van der Waals surface area (Å²) in [5, 5.41) is 7.86. The van der Waals surface area contributed by atoms with E-state index < -0.39 is 0 Å². The zero-order chi connectivity index (χ0) is 18.8. The van der Waals surface area contributed by atoms with E-state index in [9.17, 15) is 4.39 Å². The molecule has 140 valence electrons. The average Bonchev–Trinajstić information content (AvgIpc) is 3.29. The Hall–Kier alpha value is -2.50. The molecule has 1 aliphatic rings. The molecule has 1 N–H and O–H groups in total. The van der Waals surface area contributed by atoms with Crippen molar-refractivity contribution in [2.45, 2.75) is 33.0 Å². The van der Waals surface area contributed by atoms with Gasteiger partial charge in [0.1, 0.15) is 5.82 Å². The number of aryl methyl sites for hydroxylation is 2. The Bertz CT molecular complexity index is 944. The molecule has 0 radical (unpaired) electrons. The van der Waals surface area contributed by atoms with Crippen molar-refractivity contribution >= 4 is 0 Å². The number of ether oxygens (including phenoxy) is 1. The maximum atomic E-state index is 13.9. The fourth-order valence-electron chi connectivity index (χ4n) is 3.64. The van der Waals surface area contributed by atoms with Gasteiger partial charge in [-0.15, -0.1) is 0 Å². The standard InChI is InChI=1S/C22H24FN3O/c1-15-10-16(2)26(25-15)20-5-3-4-17(12-20)22-7-6-19(23)11-18(22)14-27-21-8-9-24-13-21/h3-7,10-12,21,24H,8-9,13-14H2,1-2H3/t21-/m0/s1. The molecular weight excluding hydrogens is 341 g/mol. The van der Waals surface area contributed by atoms with Crippen LogP contribution in [-0.2, 0) is 11.3 Å². The fraction of sp³-hybridized carbons (Fsp3) is 0.318. The van der Waals surface area contributed by atoms with Crippen LogP contribution in [0.15, 0.2) is 48.5 Å². The first-order valence-electron chi connectivity index (χ1n) is 9.35. The van der Waals surface area contributed by atoms with Crippen molar-refractivity contribution < 1.29 is 9.13 Å². The summed E-state index contributed by atoms with van der Waals surface area (Å²) >= 11 is 0. The van der Waals surface area contributed by atoms with E-state index in [1.807, 2.05) is 42.8 Å². The third-order valence-electron chi connectivity index (χ3n) is 4.97.